The van der Waals surface area contributed by atoms with Crippen molar-refractivity contribution in [2.75, 3.05) is 14.1 Å². The number of thioether (sulfide) groups is 1. The summed E-state index contributed by atoms with van der Waals surface area (Å²) >= 11 is 5.83. The van der Waals surface area contributed by atoms with Gasteiger partial charge in [-0.25, -0.2) is 0 Å². The molecule has 29 heavy (non-hydrogen) atoms. The van der Waals surface area contributed by atoms with Gasteiger partial charge in [-0.1, -0.05) is 66.8 Å². The van der Waals surface area contributed by atoms with Crippen LogP contribution in [-0.2, 0) is 4.79 Å². The maximum Gasteiger partial charge on any atom is 0.285 e. The lowest BCUT2D eigenvalue weighted by atomic mass is 10.1. The van der Waals surface area contributed by atoms with Crippen molar-refractivity contribution >= 4 is 58.8 Å². The Labute approximate surface area is 181 Å². The van der Waals surface area contributed by atoms with Crippen LogP contribution in [0.15, 0.2) is 65.6 Å². The van der Waals surface area contributed by atoms with Gasteiger partial charge in [0.2, 0.25) is 0 Å². The summed E-state index contributed by atoms with van der Waals surface area (Å²) < 4.78 is 0. The van der Waals surface area contributed by atoms with Crippen molar-refractivity contribution in [3.8, 4) is 0 Å². The van der Waals surface area contributed by atoms with Crippen LogP contribution in [0.1, 0.15) is 28.4 Å². The van der Waals surface area contributed by atoms with Crippen molar-refractivity contribution in [2.24, 2.45) is 0 Å². The van der Waals surface area contributed by atoms with E-state index in [4.69, 9.17) is 0 Å². The summed E-state index contributed by atoms with van der Waals surface area (Å²) in [5.74, 6) is 0.0883. The predicted molar refractivity (Wildman–Crippen MR) is 126 cm³/mol. The molecule has 0 aliphatic rings. The van der Waals surface area contributed by atoms with Crippen molar-refractivity contribution < 1.29 is 14.4 Å². The topological polar surface area (TPSA) is 54.5 Å². The number of Topliss-reactive ketones (excluding diaryl/α,β-unsaturated/α-hetero) is 1. The van der Waals surface area contributed by atoms with Gasteiger partial charge in [0.05, 0.1) is 0 Å². The Morgan fingerprint density at radius 2 is 1.41 bits per heavy atom. The summed E-state index contributed by atoms with van der Waals surface area (Å²) in [6, 6.07) is 14.9. The van der Waals surface area contributed by atoms with Gasteiger partial charge in [0.1, 0.15) is 6.29 Å². The van der Waals surface area contributed by atoms with Crippen molar-refractivity contribution in [3.63, 3.8) is 0 Å². The minimum Gasteiger partial charge on any atom is -0.339 e. The lowest BCUT2D eigenvalue weighted by molar-refractivity contribution is -0.104. The SMILES string of the molecule is CC(=O)c1ccc(/C=C/C=S)cc1.CN(C)C(=O)Sc1ccc(/C=C/C=O)cc1. The fourth-order valence-electron chi connectivity index (χ4n) is 1.97. The number of aldehydes is 1. The molecule has 0 aromatic heterocycles. The quantitative estimate of drug-likeness (QED) is 0.199. The third-order valence-electron chi connectivity index (χ3n) is 3.50. The Balaban J connectivity index is 0.000000296. The molecular weight excluding hydrogens is 402 g/mol. The van der Waals surface area contributed by atoms with Crippen molar-refractivity contribution in [3.05, 3.63) is 77.4 Å². The number of hydrogen-bond acceptors (Lipinski definition) is 5. The lowest BCUT2D eigenvalue weighted by Crippen LogP contribution is -2.15. The van der Waals surface area contributed by atoms with Gasteiger partial charge in [0.25, 0.3) is 5.24 Å². The molecule has 0 unspecified atom stereocenters. The Morgan fingerprint density at radius 3 is 1.86 bits per heavy atom. The second-order valence-corrected chi connectivity index (χ2v) is 7.30. The molecule has 6 heteroatoms. The van der Waals surface area contributed by atoms with E-state index in [0.717, 1.165) is 27.9 Å². The zero-order valence-corrected chi connectivity index (χ0v) is 18.2. The Hall–Kier alpha value is -2.83. The third-order valence-corrected chi connectivity index (χ3v) is 4.71. The van der Waals surface area contributed by atoms with Crippen molar-refractivity contribution in [2.45, 2.75) is 11.8 Å². The minimum atomic E-state index is -0.00353. The van der Waals surface area contributed by atoms with E-state index >= 15 is 0 Å². The molecule has 150 valence electrons. The standard InChI is InChI=1S/C12H13NO2S.C11H10OS/c1-13(2)12(15)16-11-7-5-10(6-8-11)4-3-9-14;1-9(12)11-6-4-10(5-7-11)3-2-8-13/h3-9H,1-2H3;2-8H,1H3/b4-3+;3-2+. The molecule has 0 atom stereocenters. The van der Waals surface area contributed by atoms with Gasteiger partial charge in [-0.05, 0) is 48.0 Å². The molecule has 0 aliphatic carbocycles. The molecule has 0 aliphatic heterocycles. The van der Waals surface area contributed by atoms with E-state index in [1.54, 1.807) is 38.5 Å². The van der Waals surface area contributed by atoms with E-state index in [1.807, 2.05) is 54.6 Å². The van der Waals surface area contributed by atoms with Crippen LogP contribution < -0.4 is 0 Å². The fourth-order valence-corrected chi connectivity index (χ4v) is 2.70. The van der Waals surface area contributed by atoms with Gasteiger partial charge in [-0.2, -0.15) is 0 Å². The highest BCUT2D eigenvalue weighted by Crippen LogP contribution is 2.21. The summed E-state index contributed by atoms with van der Waals surface area (Å²) in [6.45, 7) is 1.56. The fraction of sp³-hybridized carbons (Fsp3) is 0.130. The summed E-state index contributed by atoms with van der Waals surface area (Å²) in [7, 11) is 3.44. The Kier molecular flexibility index (Phi) is 11.2. The lowest BCUT2D eigenvalue weighted by Gasteiger charge is -2.08. The zero-order chi connectivity index (χ0) is 21.6. The molecule has 2 aromatic carbocycles. The number of carbonyl (C=O) groups is 3. The molecule has 0 bridgehead atoms. The molecule has 4 nitrogen and oxygen atoms in total. The van der Waals surface area contributed by atoms with Crippen molar-refractivity contribution in [1.29, 1.82) is 0 Å². The average Bonchev–Trinajstić information content (AvgIpc) is 2.72. The van der Waals surface area contributed by atoms with Gasteiger partial charge >= 0.3 is 0 Å². The van der Waals surface area contributed by atoms with Crippen LogP contribution in [0, 0.1) is 0 Å². The van der Waals surface area contributed by atoms with Crippen LogP contribution in [0.3, 0.4) is 0 Å². The number of benzene rings is 2. The monoisotopic (exact) mass is 425 g/mol. The second kappa shape index (κ2) is 13.4. The first-order chi connectivity index (χ1) is 13.9. The van der Waals surface area contributed by atoms with Gasteiger partial charge in [-0.15, -0.1) is 0 Å². The molecule has 0 saturated heterocycles. The molecule has 2 rings (SSSR count). The Morgan fingerprint density at radius 1 is 0.897 bits per heavy atom. The van der Waals surface area contributed by atoms with Crippen LogP contribution in [0.25, 0.3) is 12.2 Å². The van der Waals surface area contributed by atoms with E-state index in [2.05, 4.69) is 12.2 Å². The summed E-state index contributed by atoms with van der Waals surface area (Å²) in [6.07, 6.45) is 7.58. The number of carbonyl (C=O) groups excluding carboxylic acids is 3. The maximum atomic E-state index is 11.4. The summed E-state index contributed by atoms with van der Waals surface area (Å²) in [5, 5.41) is 1.55. The number of allylic oxidation sites excluding steroid dienone is 2. The van der Waals surface area contributed by atoms with E-state index in [0.29, 0.717) is 0 Å². The molecule has 0 radical (unpaired) electrons. The number of ketones is 1. The number of rotatable bonds is 6. The highest BCUT2D eigenvalue weighted by atomic mass is 32.2. The highest BCUT2D eigenvalue weighted by Gasteiger charge is 2.05. The van der Waals surface area contributed by atoms with E-state index < -0.39 is 0 Å². The van der Waals surface area contributed by atoms with E-state index in [1.165, 1.54) is 22.7 Å². The number of hydrogen-bond donors (Lipinski definition) is 0. The highest BCUT2D eigenvalue weighted by molar-refractivity contribution is 8.13. The van der Waals surface area contributed by atoms with E-state index in [-0.39, 0.29) is 11.0 Å². The number of nitrogens with zero attached hydrogens (tertiary/aromatic N) is 1. The maximum absolute atomic E-state index is 11.4. The first-order valence-electron chi connectivity index (χ1n) is 8.71. The number of thiocarbonyl (C=S) groups is 1. The van der Waals surface area contributed by atoms with Gasteiger partial charge in [0, 0.05) is 29.9 Å². The molecule has 0 spiro atoms. The summed E-state index contributed by atoms with van der Waals surface area (Å²) in [4.78, 5) is 34.9. The second-order valence-electron chi connectivity index (χ2n) is 6.00. The van der Waals surface area contributed by atoms with Crippen molar-refractivity contribution in [1.82, 2.24) is 4.90 Å². The zero-order valence-electron chi connectivity index (χ0n) is 16.6. The molecular formula is C23H23NO3S2. The molecule has 0 saturated carbocycles. The number of amides is 1. The molecule has 0 fully saturated rings. The van der Waals surface area contributed by atoms with Crippen LogP contribution in [0.5, 0.6) is 0 Å². The Bertz CT molecular complexity index is 883. The third kappa shape index (κ3) is 9.78. The molecule has 1 amide bonds. The predicted octanol–water partition coefficient (Wildman–Crippen LogP) is 5.57. The first kappa shape index (κ1) is 24.2. The van der Waals surface area contributed by atoms with Gasteiger partial charge in [-0.3, -0.25) is 14.4 Å². The minimum absolute atomic E-state index is 0.00353. The largest absolute Gasteiger partial charge is 0.339 e. The van der Waals surface area contributed by atoms with E-state index in [9.17, 15) is 14.4 Å². The van der Waals surface area contributed by atoms with Crippen LogP contribution >= 0.6 is 24.0 Å². The summed E-state index contributed by atoms with van der Waals surface area (Å²) in [5.41, 5.74) is 2.72. The van der Waals surface area contributed by atoms with Gasteiger partial charge < -0.3 is 4.90 Å². The normalized spacial score (nSPS) is 10.3. The molecule has 0 heterocycles. The molecule has 2 aromatic rings. The molecule has 0 N–H and O–H groups in total. The smallest absolute Gasteiger partial charge is 0.285 e. The van der Waals surface area contributed by atoms with Crippen LogP contribution in [0.4, 0.5) is 4.79 Å². The van der Waals surface area contributed by atoms with Gasteiger partial charge in [0.15, 0.2) is 5.78 Å². The van der Waals surface area contributed by atoms with Crippen LogP contribution in [0.2, 0.25) is 0 Å². The van der Waals surface area contributed by atoms with Crippen LogP contribution in [-0.4, -0.2) is 41.7 Å². The average molecular weight is 426 g/mol. The first-order valence-corrected chi connectivity index (χ1v) is 10.00.